The Morgan fingerprint density at radius 1 is 1.50 bits per heavy atom. The maximum atomic E-state index is 11.4. The molecule has 14 heavy (non-hydrogen) atoms. The summed E-state index contributed by atoms with van der Waals surface area (Å²) in [5, 5.41) is 0. The molecular formula is C10H11NOS2. The van der Waals surface area contributed by atoms with Crippen molar-refractivity contribution in [1.29, 1.82) is 0 Å². The highest BCUT2D eigenvalue weighted by Gasteiger charge is 2.26. The zero-order chi connectivity index (χ0) is 9.97. The molecule has 0 N–H and O–H groups in total. The highest BCUT2D eigenvalue weighted by molar-refractivity contribution is 8.23. The minimum absolute atomic E-state index is 0.139. The van der Waals surface area contributed by atoms with Gasteiger partial charge in [-0.25, -0.2) is 0 Å². The SMILES string of the molecule is O=C1CSC(=S)N1CC1=CCCC=C1. The Morgan fingerprint density at radius 3 is 2.93 bits per heavy atom. The molecule has 4 heteroatoms. The quantitative estimate of drug-likeness (QED) is 0.671. The first-order valence-corrected chi connectivity index (χ1v) is 5.99. The van der Waals surface area contributed by atoms with Crippen LogP contribution in [0.1, 0.15) is 12.8 Å². The normalized spacial score (nSPS) is 21.7. The molecule has 0 spiro atoms. The lowest BCUT2D eigenvalue weighted by Gasteiger charge is -2.16. The Hall–Kier alpha value is -0.610. The number of thiocarbonyl (C=S) groups is 1. The molecule has 1 aliphatic heterocycles. The first kappa shape index (κ1) is 9.93. The maximum Gasteiger partial charge on any atom is 0.238 e. The number of carbonyl (C=O) groups excluding carboxylic acids is 1. The van der Waals surface area contributed by atoms with Crippen LogP contribution in [0.4, 0.5) is 0 Å². The molecule has 1 amide bonds. The molecule has 0 unspecified atom stereocenters. The molecule has 0 bridgehead atoms. The summed E-state index contributed by atoms with van der Waals surface area (Å²) in [7, 11) is 0. The van der Waals surface area contributed by atoms with Gasteiger partial charge >= 0.3 is 0 Å². The fraction of sp³-hybridized carbons (Fsp3) is 0.400. The van der Waals surface area contributed by atoms with Crippen molar-refractivity contribution in [1.82, 2.24) is 4.90 Å². The van der Waals surface area contributed by atoms with E-state index in [1.807, 2.05) is 0 Å². The Bertz CT molecular complexity index is 317. The van der Waals surface area contributed by atoms with Crippen LogP contribution >= 0.6 is 24.0 Å². The number of thioether (sulfide) groups is 1. The Morgan fingerprint density at radius 2 is 2.36 bits per heavy atom. The van der Waals surface area contributed by atoms with Gasteiger partial charge in [0.05, 0.1) is 12.3 Å². The minimum atomic E-state index is 0.139. The van der Waals surface area contributed by atoms with Crippen LogP contribution in [0.2, 0.25) is 0 Å². The molecule has 1 saturated heterocycles. The topological polar surface area (TPSA) is 20.3 Å². The largest absolute Gasteiger partial charge is 0.293 e. The molecule has 0 aromatic heterocycles. The minimum Gasteiger partial charge on any atom is -0.293 e. The van der Waals surface area contributed by atoms with E-state index in [0.717, 1.165) is 17.2 Å². The second-order valence-electron chi connectivity index (χ2n) is 3.29. The van der Waals surface area contributed by atoms with Crippen LogP contribution in [0.25, 0.3) is 0 Å². The lowest BCUT2D eigenvalue weighted by Crippen LogP contribution is -2.30. The Kier molecular flexibility index (Phi) is 3.03. The van der Waals surface area contributed by atoms with Crippen LogP contribution in [0.5, 0.6) is 0 Å². The van der Waals surface area contributed by atoms with Crippen LogP contribution in [0, 0.1) is 0 Å². The average molecular weight is 225 g/mol. The molecule has 2 aliphatic rings. The predicted octanol–water partition coefficient (Wildman–Crippen LogP) is 2.12. The highest BCUT2D eigenvalue weighted by Crippen LogP contribution is 2.21. The lowest BCUT2D eigenvalue weighted by molar-refractivity contribution is -0.123. The molecule has 74 valence electrons. The molecule has 1 fully saturated rings. The molecule has 1 aliphatic carbocycles. The molecule has 0 aromatic carbocycles. The summed E-state index contributed by atoms with van der Waals surface area (Å²) in [4.78, 5) is 13.1. The van der Waals surface area contributed by atoms with E-state index < -0.39 is 0 Å². The molecule has 1 heterocycles. The number of carbonyl (C=O) groups is 1. The average Bonchev–Trinajstić information content (AvgIpc) is 2.51. The van der Waals surface area contributed by atoms with Gasteiger partial charge in [0.2, 0.25) is 5.91 Å². The zero-order valence-corrected chi connectivity index (χ0v) is 9.37. The van der Waals surface area contributed by atoms with Crippen molar-refractivity contribution in [2.45, 2.75) is 12.8 Å². The van der Waals surface area contributed by atoms with Gasteiger partial charge in [0.1, 0.15) is 4.32 Å². The lowest BCUT2D eigenvalue weighted by atomic mass is 10.1. The molecule has 0 atom stereocenters. The zero-order valence-electron chi connectivity index (χ0n) is 7.73. The molecule has 0 saturated carbocycles. The monoisotopic (exact) mass is 225 g/mol. The van der Waals surface area contributed by atoms with E-state index in [2.05, 4.69) is 18.2 Å². The van der Waals surface area contributed by atoms with E-state index in [9.17, 15) is 4.79 Å². The van der Waals surface area contributed by atoms with Gasteiger partial charge in [-0.1, -0.05) is 42.2 Å². The van der Waals surface area contributed by atoms with Gasteiger partial charge in [0.25, 0.3) is 0 Å². The number of hydrogen-bond acceptors (Lipinski definition) is 3. The van der Waals surface area contributed by atoms with Crippen molar-refractivity contribution in [2.24, 2.45) is 0 Å². The van der Waals surface area contributed by atoms with E-state index in [1.165, 1.54) is 17.3 Å². The van der Waals surface area contributed by atoms with Gasteiger partial charge in [0, 0.05) is 0 Å². The van der Waals surface area contributed by atoms with Crippen molar-refractivity contribution in [2.75, 3.05) is 12.3 Å². The van der Waals surface area contributed by atoms with Crippen LogP contribution < -0.4 is 0 Å². The van der Waals surface area contributed by atoms with Crippen molar-refractivity contribution in [3.8, 4) is 0 Å². The first-order valence-electron chi connectivity index (χ1n) is 4.60. The van der Waals surface area contributed by atoms with Crippen molar-refractivity contribution < 1.29 is 4.79 Å². The van der Waals surface area contributed by atoms with Crippen LogP contribution in [-0.4, -0.2) is 27.4 Å². The molecule has 2 nitrogen and oxygen atoms in total. The standard InChI is InChI=1S/C10H11NOS2/c12-9-7-14-10(13)11(9)6-8-4-2-1-3-5-8/h2,4-5H,1,3,6-7H2. The Labute approximate surface area is 93.0 Å². The van der Waals surface area contributed by atoms with Crippen molar-refractivity contribution in [3.63, 3.8) is 0 Å². The highest BCUT2D eigenvalue weighted by atomic mass is 32.2. The second kappa shape index (κ2) is 4.28. The van der Waals surface area contributed by atoms with E-state index in [-0.39, 0.29) is 5.91 Å². The molecule has 2 rings (SSSR count). The molecule has 0 aromatic rings. The number of rotatable bonds is 2. The summed E-state index contributed by atoms with van der Waals surface area (Å²) in [6.07, 6.45) is 8.59. The van der Waals surface area contributed by atoms with Gasteiger partial charge in [-0.15, -0.1) is 0 Å². The maximum absolute atomic E-state index is 11.4. The summed E-state index contributed by atoms with van der Waals surface area (Å²) in [6, 6.07) is 0. The third-order valence-electron chi connectivity index (χ3n) is 2.25. The summed E-state index contributed by atoms with van der Waals surface area (Å²) in [5.41, 5.74) is 1.20. The van der Waals surface area contributed by atoms with E-state index in [0.29, 0.717) is 12.3 Å². The summed E-state index contributed by atoms with van der Waals surface area (Å²) in [6.45, 7) is 0.654. The Balaban J connectivity index is 2.03. The van der Waals surface area contributed by atoms with Crippen molar-refractivity contribution >= 4 is 34.2 Å². The number of amides is 1. The van der Waals surface area contributed by atoms with Gasteiger partial charge in [-0.2, -0.15) is 0 Å². The summed E-state index contributed by atoms with van der Waals surface area (Å²) >= 11 is 6.56. The predicted molar refractivity (Wildman–Crippen MR) is 63.2 cm³/mol. The van der Waals surface area contributed by atoms with E-state index in [4.69, 9.17) is 12.2 Å². The number of nitrogens with zero attached hydrogens (tertiary/aromatic N) is 1. The summed E-state index contributed by atoms with van der Waals surface area (Å²) < 4.78 is 0.717. The third-order valence-corrected chi connectivity index (χ3v) is 3.69. The summed E-state index contributed by atoms with van der Waals surface area (Å²) in [5.74, 6) is 0.649. The number of hydrogen-bond donors (Lipinski definition) is 0. The van der Waals surface area contributed by atoms with Gasteiger partial charge < -0.3 is 0 Å². The van der Waals surface area contributed by atoms with Crippen LogP contribution in [-0.2, 0) is 4.79 Å². The third kappa shape index (κ3) is 2.07. The van der Waals surface area contributed by atoms with Crippen LogP contribution in [0.3, 0.4) is 0 Å². The first-order chi connectivity index (χ1) is 6.77. The second-order valence-corrected chi connectivity index (χ2v) is 4.90. The molecule has 0 radical (unpaired) electrons. The van der Waals surface area contributed by atoms with E-state index >= 15 is 0 Å². The fourth-order valence-corrected chi connectivity index (χ4v) is 2.57. The van der Waals surface area contributed by atoms with Gasteiger partial charge in [-0.05, 0) is 18.4 Å². The number of allylic oxidation sites excluding steroid dienone is 2. The van der Waals surface area contributed by atoms with Gasteiger partial charge in [0.15, 0.2) is 0 Å². The van der Waals surface area contributed by atoms with Crippen molar-refractivity contribution in [3.05, 3.63) is 23.8 Å². The van der Waals surface area contributed by atoms with E-state index in [1.54, 1.807) is 4.90 Å². The smallest absolute Gasteiger partial charge is 0.238 e. The van der Waals surface area contributed by atoms with Crippen LogP contribution in [0.15, 0.2) is 23.8 Å². The fourth-order valence-electron chi connectivity index (χ4n) is 1.50. The van der Waals surface area contributed by atoms with Gasteiger partial charge in [-0.3, -0.25) is 9.69 Å². The molecular weight excluding hydrogens is 214 g/mol.